The fourth-order valence-electron chi connectivity index (χ4n) is 2.91. The molecule has 0 aliphatic rings. The molecule has 0 aliphatic heterocycles. The number of H-pyrrole nitrogens is 1. The third-order valence-corrected chi connectivity index (χ3v) is 4.19. The summed E-state index contributed by atoms with van der Waals surface area (Å²) in [5.74, 6) is -1.09. The smallest absolute Gasteiger partial charge is 0.406 e. The molecule has 1 amide bonds. The monoisotopic (exact) mass is 407 g/mol. The molecule has 3 aromatic rings. The van der Waals surface area contributed by atoms with E-state index in [1.54, 1.807) is 25.1 Å². The van der Waals surface area contributed by atoms with E-state index in [2.05, 4.69) is 15.0 Å². The summed E-state index contributed by atoms with van der Waals surface area (Å²) in [6.07, 6.45) is -4.68. The first-order chi connectivity index (χ1) is 13.7. The second-order valence-corrected chi connectivity index (χ2v) is 6.14. The summed E-state index contributed by atoms with van der Waals surface area (Å²) >= 11 is 0. The average Bonchev–Trinajstić information content (AvgIpc) is 2.65. The van der Waals surface area contributed by atoms with Gasteiger partial charge in [-0.25, -0.2) is 9.36 Å². The molecular weight excluding hydrogens is 391 g/mol. The molecule has 10 heteroatoms. The van der Waals surface area contributed by atoms with E-state index in [4.69, 9.17) is 0 Å². The topological polar surface area (TPSA) is 93.2 Å². The van der Waals surface area contributed by atoms with Gasteiger partial charge < -0.3 is 15.0 Å². The van der Waals surface area contributed by atoms with Crippen LogP contribution in [0, 0.1) is 0 Å². The summed E-state index contributed by atoms with van der Waals surface area (Å²) in [7, 11) is 0. The molecule has 152 valence electrons. The van der Waals surface area contributed by atoms with Crippen LogP contribution in [0.2, 0.25) is 0 Å². The molecule has 2 N–H and O–H groups in total. The third-order valence-electron chi connectivity index (χ3n) is 4.19. The van der Waals surface area contributed by atoms with E-state index in [1.165, 1.54) is 18.2 Å². The molecular formula is C19H16F3N3O4. The van der Waals surface area contributed by atoms with E-state index in [0.29, 0.717) is 5.52 Å². The zero-order valence-electron chi connectivity index (χ0n) is 15.1. The number of carbonyl (C=O) groups is 1. The van der Waals surface area contributed by atoms with E-state index in [9.17, 15) is 27.6 Å². The molecule has 1 heterocycles. The maximum Gasteiger partial charge on any atom is 0.573 e. The van der Waals surface area contributed by atoms with Crippen molar-refractivity contribution in [3.63, 3.8) is 0 Å². The Morgan fingerprint density at radius 1 is 1.14 bits per heavy atom. The Bertz CT molecular complexity index is 1150. The number of benzene rings is 2. The van der Waals surface area contributed by atoms with Crippen LogP contribution in [-0.2, 0) is 4.79 Å². The summed E-state index contributed by atoms with van der Waals surface area (Å²) in [6.45, 7) is 1.63. The van der Waals surface area contributed by atoms with Crippen LogP contribution in [0.25, 0.3) is 10.9 Å². The number of hydrogen-bond donors (Lipinski definition) is 2. The van der Waals surface area contributed by atoms with Crippen LogP contribution in [0.1, 0.15) is 19.4 Å². The Morgan fingerprint density at radius 3 is 2.41 bits per heavy atom. The number of amides is 1. The maximum absolute atomic E-state index is 12.7. The molecule has 0 radical (unpaired) electrons. The van der Waals surface area contributed by atoms with Gasteiger partial charge in [0.05, 0.1) is 10.9 Å². The quantitative estimate of drug-likeness (QED) is 0.680. The summed E-state index contributed by atoms with van der Waals surface area (Å²) in [5, 5.41) is 2.75. The van der Waals surface area contributed by atoms with E-state index in [-0.39, 0.29) is 17.5 Å². The van der Waals surface area contributed by atoms with Crippen LogP contribution >= 0.6 is 0 Å². The zero-order chi connectivity index (χ0) is 21.2. The Balaban J connectivity index is 1.87. The molecule has 0 saturated heterocycles. The molecule has 1 aromatic heterocycles. The summed E-state index contributed by atoms with van der Waals surface area (Å²) in [4.78, 5) is 40.3. The van der Waals surface area contributed by atoms with Crippen molar-refractivity contribution in [1.82, 2.24) is 9.55 Å². The van der Waals surface area contributed by atoms with Crippen molar-refractivity contribution in [1.29, 1.82) is 0 Å². The van der Waals surface area contributed by atoms with Gasteiger partial charge >= 0.3 is 12.1 Å². The number of nitrogens with one attached hydrogen (secondary N) is 2. The minimum atomic E-state index is -4.82. The van der Waals surface area contributed by atoms with E-state index < -0.39 is 35.3 Å². The number of fused-ring (bicyclic) bond motifs is 1. The Kier molecular flexibility index (Phi) is 5.44. The van der Waals surface area contributed by atoms with Gasteiger partial charge in [-0.1, -0.05) is 19.1 Å². The van der Waals surface area contributed by atoms with Crippen LogP contribution in [0.4, 0.5) is 18.9 Å². The van der Waals surface area contributed by atoms with E-state index >= 15 is 0 Å². The predicted octanol–water partition coefficient (Wildman–Crippen LogP) is 3.18. The summed E-state index contributed by atoms with van der Waals surface area (Å²) < 4.78 is 41.3. The summed E-state index contributed by atoms with van der Waals surface area (Å²) in [6, 6.07) is 9.83. The fourth-order valence-corrected chi connectivity index (χ4v) is 2.91. The first-order valence-electron chi connectivity index (χ1n) is 8.60. The number of anilines is 1. The van der Waals surface area contributed by atoms with Gasteiger partial charge in [-0.3, -0.25) is 9.59 Å². The number of para-hydroxylation sites is 1. The standard InChI is InChI=1S/C19H16F3N3O4/c1-2-15(25-17(27)13-5-3-4-6-14(13)24-18(25)28)16(26)23-11-7-9-12(10-8-11)29-19(20,21)22/h3-10,15H,2H2,1H3,(H,23,26)(H,24,28). The average molecular weight is 407 g/mol. The van der Waals surface area contributed by atoms with Gasteiger partial charge in [0.2, 0.25) is 5.91 Å². The number of nitrogens with zero attached hydrogens (tertiary/aromatic N) is 1. The van der Waals surface area contributed by atoms with Gasteiger partial charge in [0, 0.05) is 5.69 Å². The van der Waals surface area contributed by atoms with E-state index in [0.717, 1.165) is 16.7 Å². The van der Waals surface area contributed by atoms with Crippen LogP contribution < -0.4 is 21.3 Å². The lowest BCUT2D eigenvalue weighted by atomic mass is 10.1. The molecule has 0 spiro atoms. The zero-order valence-corrected chi connectivity index (χ0v) is 15.1. The van der Waals surface area contributed by atoms with Crippen molar-refractivity contribution < 1.29 is 22.7 Å². The third kappa shape index (κ3) is 4.48. The second kappa shape index (κ2) is 7.82. The fraction of sp³-hybridized carbons (Fsp3) is 0.211. The number of alkyl halides is 3. The summed E-state index contributed by atoms with van der Waals surface area (Å²) in [5.41, 5.74) is -0.799. The Labute approximate surface area is 161 Å². The van der Waals surface area contributed by atoms with Crippen molar-refractivity contribution in [3.05, 3.63) is 69.4 Å². The number of carbonyl (C=O) groups excluding carboxylic acids is 1. The van der Waals surface area contributed by atoms with Gasteiger partial charge in [-0.05, 0) is 42.8 Å². The predicted molar refractivity (Wildman–Crippen MR) is 99.9 cm³/mol. The minimum Gasteiger partial charge on any atom is -0.406 e. The highest BCUT2D eigenvalue weighted by Gasteiger charge is 2.31. The number of aromatic nitrogens is 2. The van der Waals surface area contributed by atoms with Crippen molar-refractivity contribution >= 4 is 22.5 Å². The minimum absolute atomic E-state index is 0.141. The van der Waals surface area contributed by atoms with Crippen molar-refractivity contribution in [2.75, 3.05) is 5.32 Å². The molecule has 0 fully saturated rings. The Morgan fingerprint density at radius 2 is 1.79 bits per heavy atom. The number of ether oxygens (including phenoxy) is 1. The molecule has 1 unspecified atom stereocenters. The van der Waals surface area contributed by atoms with Crippen LogP contribution in [-0.4, -0.2) is 21.8 Å². The van der Waals surface area contributed by atoms with Crippen molar-refractivity contribution in [3.8, 4) is 5.75 Å². The highest BCUT2D eigenvalue weighted by molar-refractivity contribution is 5.94. The molecule has 0 bridgehead atoms. The van der Waals surface area contributed by atoms with E-state index in [1.807, 2.05) is 0 Å². The number of halogens is 3. The van der Waals surface area contributed by atoms with Crippen molar-refractivity contribution in [2.24, 2.45) is 0 Å². The molecule has 2 aromatic carbocycles. The second-order valence-electron chi connectivity index (χ2n) is 6.14. The normalized spacial score (nSPS) is 12.6. The highest BCUT2D eigenvalue weighted by atomic mass is 19.4. The lowest BCUT2D eigenvalue weighted by Gasteiger charge is -2.17. The lowest BCUT2D eigenvalue weighted by Crippen LogP contribution is -2.42. The van der Waals surface area contributed by atoms with Crippen LogP contribution in [0.15, 0.2) is 58.1 Å². The molecule has 0 saturated carbocycles. The number of hydrogen-bond acceptors (Lipinski definition) is 4. The lowest BCUT2D eigenvalue weighted by molar-refractivity contribution is -0.274. The number of aromatic amines is 1. The first-order valence-corrected chi connectivity index (χ1v) is 8.60. The highest BCUT2D eigenvalue weighted by Crippen LogP contribution is 2.24. The van der Waals surface area contributed by atoms with Gasteiger partial charge in [0.25, 0.3) is 5.56 Å². The van der Waals surface area contributed by atoms with Gasteiger partial charge in [-0.15, -0.1) is 13.2 Å². The van der Waals surface area contributed by atoms with Crippen LogP contribution in [0.3, 0.4) is 0 Å². The molecule has 29 heavy (non-hydrogen) atoms. The molecule has 0 aliphatic carbocycles. The SMILES string of the molecule is CCC(C(=O)Nc1ccc(OC(F)(F)F)cc1)n1c(=O)[nH]c2ccccc2c1=O. The Hall–Kier alpha value is -3.56. The largest absolute Gasteiger partial charge is 0.573 e. The van der Waals surface area contributed by atoms with Gasteiger partial charge in [0.1, 0.15) is 11.8 Å². The van der Waals surface area contributed by atoms with Gasteiger partial charge in [-0.2, -0.15) is 0 Å². The molecule has 7 nitrogen and oxygen atoms in total. The molecule has 3 rings (SSSR count). The first kappa shape index (κ1) is 20.2. The van der Waals surface area contributed by atoms with Gasteiger partial charge in [0.15, 0.2) is 0 Å². The molecule has 1 atom stereocenters. The maximum atomic E-state index is 12.7. The number of rotatable bonds is 5. The van der Waals surface area contributed by atoms with Crippen LogP contribution in [0.5, 0.6) is 5.75 Å². The van der Waals surface area contributed by atoms with Crippen molar-refractivity contribution in [2.45, 2.75) is 25.7 Å².